The van der Waals surface area contributed by atoms with Gasteiger partial charge in [-0.25, -0.2) is 0 Å². The number of aromatic nitrogens is 2. The first-order valence-electron chi connectivity index (χ1n) is 5.89. The largest absolute Gasteiger partial charge is 0.452 e. The number of hydrogen-bond donors (Lipinski definition) is 1. The van der Waals surface area contributed by atoms with Gasteiger partial charge >= 0.3 is 6.18 Å². The zero-order chi connectivity index (χ0) is 15.5. The van der Waals surface area contributed by atoms with Gasteiger partial charge < -0.3 is 10.6 Å². The third-order valence-electron chi connectivity index (χ3n) is 2.55. The lowest BCUT2D eigenvalue weighted by atomic mass is 10.3. The lowest BCUT2D eigenvalue weighted by Crippen LogP contribution is -2.23. The van der Waals surface area contributed by atoms with E-state index in [0.717, 1.165) is 0 Å². The minimum atomic E-state index is -4.56. The summed E-state index contributed by atoms with van der Waals surface area (Å²) in [7, 11) is 0. The van der Waals surface area contributed by atoms with Crippen LogP contribution in [0.25, 0.3) is 0 Å². The van der Waals surface area contributed by atoms with Crippen molar-refractivity contribution in [2.45, 2.75) is 12.6 Å². The van der Waals surface area contributed by atoms with E-state index in [1.54, 1.807) is 29.2 Å². The molecule has 2 aromatic rings. The number of rotatable bonds is 5. The third kappa shape index (κ3) is 4.11. The lowest BCUT2D eigenvalue weighted by Gasteiger charge is -2.21. The minimum Gasteiger partial charge on any atom is -0.393 e. The van der Waals surface area contributed by atoms with Gasteiger partial charge in [0.25, 0.3) is 0 Å². The van der Waals surface area contributed by atoms with Crippen molar-refractivity contribution in [3.05, 3.63) is 36.2 Å². The molecule has 2 rings (SSSR count). The lowest BCUT2D eigenvalue weighted by molar-refractivity contribution is -0.144. The second-order valence-corrected chi connectivity index (χ2v) is 5.36. The molecule has 0 saturated heterocycles. The number of halogens is 3. The average Bonchev–Trinajstić information content (AvgIpc) is 2.89. The molecule has 0 aliphatic rings. The molecule has 0 fully saturated rings. The summed E-state index contributed by atoms with van der Waals surface area (Å²) in [5, 5.41) is 0.157. The monoisotopic (exact) mass is 332 g/mol. The Kier molecular flexibility index (Phi) is 4.73. The molecule has 21 heavy (non-hydrogen) atoms. The van der Waals surface area contributed by atoms with Crippen LogP contribution < -0.4 is 10.6 Å². The van der Waals surface area contributed by atoms with Crippen molar-refractivity contribution in [3.8, 4) is 0 Å². The molecule has 0 spiro atoms. The van der Waals surface area contributed by atoms with Gasteiger partial charge in [0.15, 0.2) is 0 Å². The van der Waals surface area contributed by atoms with Crippen molar-refractivity contribution in [2.24, 2.45) is 5.73 Å². The van der Waals surface area contributed by atoms with Crippen LogP contribution in [0.4, 0.5) is 24.0 Å². The van der Waals surface area contributed by atoms with Crippen molar-refractivity contribution in [1.82, 2.24) is 9.36 Å². The normalized spacial score (nSPS) is 11.4. The van der Waals surface area contributed by atoms with Crippen molar-refractivity contribution >= 4 is 39.6 Å². The maximum absolute atomic E-state index is 12.6. The van der Waals surface area contributed by atoms with Crippen LogP contribution in [0, 0.1) is 0 Å². The molecule has 0 radical (unpaired) electrons. The smallest absolute Gasteiger partial charge is 0.393 e. The zero-order valence-corrected chi connectivity index (χ0v) is 12.3. The van der Waals surface area contributed by atoms with Crippen molar-refractivity contribution in [3.63, 3.8) is 0 Å². The van der Waals surface area contributed by atoms with Crippen LogP contribution in [0.5, 0.6) is 0 Å². The Morgan fingerprint density at radius 2 is 1.95 bits per heavy atom. The number of para-hydroxylation sites is 1. The highest BCUT2D eigenvalue weighted by atomic mass is 32.1. The van der Waals surface area contributed by atoms with Gasteiger partial charge in [0.1, 0.15) is 0 Å². The summed E-state index contributed by atoms with van der Waals surface area (Å²) < 4.78 is 41.2. The first-order chi connectivity index (χ1) is 9.88. The summed E-state index contributed by atoms with van der Waals surface area (Å²) in [5.41, 5.74) is 6.17. The molecule has 4 nitrogen and oxygen atoms in total. The van der Waals surface area contributed by atoms with Crippen LogP contribution in [0.3, 0.4) is 0 Å². The maximum atomic E-state index is 12.6. The summed E-state index contributed by atoms with van der Waals surface area (Å²) in [5.74, 6) is -1.14. The van der Waals surface area contributed by atoms with E-state index in [9.17, 15) is 13.2 Å². The standard InChI is InChI=1S/C12H11F3N4S2/c13-12(14,15)10-17-11(21-18-10)19(7-6-9(16)20)8-4-2-1-3-5-8/h1-5H,6-7H2,(H2,16,20). The molecule has 2 N–H and O–H groups in total. The fourth-order valence-corrected chi connectivity index (χ4v) is 2.43. The van der Waals surface area contributed by atoms with Gasteiger partial charge in [0, 0.05) is 30.2 Å². The number of alkyl halides is 3. The van der Waals surface area contributed by atoms with Crippen molar-refractivity contribution < 1.29 is 13.2 Å². The van der Waals surface area contributed by atoms with Crippen molar-refractivity contribution in [2.75, 3.05) is 11.4 Å². The summed E-state index contributed by atoms with van der Waals surface area (Å²) in [6.45, 7) is 0.339. The van der Waals surface area contributed by atoms with E-state index in [-0.39, 0.29) is 10.1 Å². The van der Waals surface area contributed by atoms with Gasteiger partial charge in [-0.2, -0.15) is 22.5 Å². The van der Waals surface area contributed by atoms with Gasteiger partial charge in [-0.05, 0) is 12.1 Å². The van der Waals surface area contributed by atoms with Crippen molar-refractivity contribution in [1.29, 1.82) is 0 Å². The maximum Gasteiger partial charge on any atom is 0.452 e. The molecule has 0 aliphatic carbocycles. The van der Waals surface area contributed by atoms with E-state index >= 15 is 0 Å². The molecule has 0 amide bonds. The highest BCUT2D eigenvalue weighted by Gasteiger charge is 2.36. The number of anilines is 2. The van der Waals surface area contributed by atoms with Gasteiger partial charge in [0.2, 0.25) is 11.0 Å². The Morgan fingerprint density at radius 3 is 2.48 bits per heavy atom. The fourth-order valence-electron chi connectivity index (χ4n) is 1.61. The SMILES string of the molecule is NC(=S)CCN(c1ccccc1)c1nc(C(F)(F)F)ns1. The summed E-state index contributed by atoms with van der Waals surface area (Å²) in [6, 6.07) is 8.93. The quantitative estimate of drug-likeness (QED) is 0.851. The summed E-state index contributed by atoms with van der Waals surface area (Å²) in [4.78, 5) is 5.47. The second-order valence-electron chi connectivity index (χ2n) is 4.10. The van der Waals surface area contributed by atoms with E-state index in [1.165, 1.54) is 0 Å². The second kappa shape index (κ2) is 6.35. The van der Waals surface area contributed by atoms with Gasteiger partial charge in [-0.3, -0.25) is 0 Å². The fraction of sp³-hybridized carbons (Fsp3) is 0.250. The molecule has 0 unspecified atom stereocenters. The molecule has 1 aromatic carbocycles. The average molecular weight is 332 g/mol. The molecule has 0 aliphatic heterocycles. The van der Waals surface area contributed by atoms with E-state index in [4.69, 9.17) is 18.0 Å². The number of nitrogens with two attached hydrogens (primary N) is 1. The van der Waals surface area contributed by atoms with E-state index in [0.29, 0.717) is 30.2 Å². The van der Waals surface area contributed by atoms with Crippen LogP contribution in [-0.2, 0) is 6.18 Å². The summed E-state index contributed by atoms with van der Waals surface area (Å²) in [6.07, 6.45) is -4.19. The molecule has 112 valence electrons. The van der Waals surface area contributed by atoms with Gasteiger partial charge in [-0.1, -0.05) is 30.4 Å². The molecule has 1 aromatic heterocycles. The highest BCUT2D eigenvalue weighted by Crippen LogP contribution is 2.33. The van der Waals surface area contributed by atoms with Crippen LogP contribution in [0.15, 0.2) is 30.3 Å². The van der Waals surface area contributed by atoms with E-state index in [1.807, 2.05) is 6.07 Å². The van der Waals surface area contributed by atoms with Gasteiger partial charge in [0.05, 0.1) is 4.99 Å². The Labute approximate surface area is 128 Å². The molecule has 9 heteroatoms. The molecule has 0 bridgehead atoms. The highest BCUT2D eigenvalue weighted by molar-refractivity contribution is 7.80. The third-order valence-corrected chi connectivity index (χ3v) is 3.49. The Hall–Kier alpha value is -1.74. The molecule has 0 atom stereocenters. The zero-order valence-electron chi connectivity index (χ0n) is 10.7. The number of nitrogens with zero attached hydrogens (tertiary/aromatic N) is 3. The van der Waals surface area contributed by atoms with Crippen LogP contribution in [-0.4, -0.2) is 20.9 Å². The number of hydrogen-bond acceptors (Lipinski definition) is 5. The van der Waals surface area contributed by atoms with Crippen LogP contribution in [0.2, 0.25) is 0 Å². The first kappa shape index (κ1) is 15.6. The van der Waals surface area contributed by atoms with E-state index in [2.05, 4.69) is 9.36 Å². The van der Waals surface area contributed by atoms with E-state index < -0.39 is 12.0 Å². The predicted molar refractivity (Wildman–Crippen MR) is 79.8 cm³/mol. The Balaban J connectivity index is 2.31. The predicted octanol–water partition coefficient (Wildman–Crippen LogP) is 3.37. The minimum absolute atomic E-state index is 0.157. The molecule has 1 heterocycles. The van der Waals surface area contributed by atoms with Gasteiger partial charge in [-0.15, -0.1) is 0 Å². The molecular weight excluding hydrogens is 321 g/mol. The topological polar surface area (TPSA) is 55.0 Å². The number of thiocarbonyl (C=S) groups is 1. The van der Waals surface area contributed by atoms with Crippen LogP contribution in [0.1, 0.15) is 12.2 Å². The Bertz CT molecular complexity index is 612. The first-order valence-corrected chi connectivity index (χ1v) is 7.08. The molecular formula is C12H11F3N4S2. The molecule has 0 saturated carbocycles. The summed E-state index contributed by atoms with van der Waals surface area (Å²) >= 11 is 5.51. The Morgan fingerprint density at radius 1 is 1.29 bits per heavy atom. The number of benzene rings is 1. The van der Waals surface area contributed by atoms with Crippen LogP contribution >= 0.6 is 23.8 Å².